The Morgan fingerprint density at radius 3 is 2.45 bits per heavy atom. The molecule has 7 heteroatoms. The third kappa shape index (κ3) is 8.15. The number of hydrogen-bond acceptors (Lipinski definition) is 4. The summed E-state index contributed by atoms with van der Waals surface area (Å²) >= 11 is 0. The molecule has 0 saturated heterocycles. The van der Waals surface area contributed by atoms with Gasteiger partial charge in [0.1, 0.15) is 0 Å². The summed E-state index contributed by atoms with van der Waals surface area (Å²) in [6.07, 6.45) is 0.824. The van der Waals surface area contributed by atoms with Gasteiger partial charge in [0.2, 0.25) is 0 Å². The molecule has 0 aliphatic heterocycles. The molecule has 2 aromatic rings. The van der Waals surface area contributed by atoms with Crippen LogP contribution in [0, 0.1) is 0 Å². The van der Waals surface area contributed by atoms with Crippen molar-refractivity contribution in [1.82, 2.24) is 10.6 Å². The summed E-state index contributed by atoms with van der Waals surface area (Å²) in [5, 5.41) is 6.55. The number of guanidine groups is 1. The molecule has 0 fully saturated rings. The molecule has 2 N–H and O–H groups in total. The summed E-state index contributed by atoms with van der Waals surface area (Å²) in [4.78, 5) is 4.54. The molecule has 0 aromatic heterocycles. The normalized spacial score (nSPS) is 12.3. The zero-order valence-corrected chi connectivity index (χ0v) is 18.3. The Bertz CT molecular complexity index is 797. The molecule has 0 radical (unpaired) electrons. The Hall–Kier alpha value is -2.54. The maximum atomic E-state index is 12.2. The Morgan fingerprint density at radius 1 is 1.00 bits per heavy atom. The third-order valence-corrected chi connectivity index (χ3v) is 5.55. The SMILES string of the molecule is CCNC(=NCCS(=O)Cc1ccccc1)NCCc1ccc(OC)c(OC)c1. The van der Waals surface area contributed by atoms with E-state index in [1.54, 1.807) is 14.2 Å². The number of nitrogens with zero attached hydrogens (tertiary/aromatic N) is 1. The van der Waals surface area contributed by atoms with E-state index < -0.39 is 10.8 Å². The van der Waals surface area contributed by atoms with Crippen molar-refractivity contribution in [2.24, 2.45) is 4.99 Å². The number of nitrogens with one attached hydrogen (secondary N) is 2. The number of hydrogen-bond donors (Lipinski definition) is 2. The fourth-order valence-electron chi connectivity index (χ4n) is 2.79. The first kappa shape index (κ1) is 22.7. The quantitative estimate of drug-likeness (QED) is 0.435. The van der Waals surface area contributed by atoms with Crippen molar-refractivity contribution in [2.45, 2.75) is 19.1 Å². The van der Waals surface area contributed by atoms with Crippen molar-refractivity contribution in [1.29, 1.82) is 0 Å². The topological polar surface area (TPSA) is 72.0 Å². The molecular weight excluding hydrogens is 386 g/mol. The van der Waals surface area contributed by atoms with Gasteiger partial charge < -0.3 is 20.1 Å². The maximum Gasteiger partial charge on any atom is 0.191 e. The van der Waals surface area contributed by atoms with E-state index in [0.717, 1.165) is 48.1 Å². The molecule has 29 heavy (non-hydrogen) atoms. The molecule has 2 rings (SSSR count). The smallest absolute Gasteiger partial charge is 0.191 e. The van der Waals surface area contributed by atoms with Crippen LogP contribution in [0.5, 0.6) is 11.5 Å². The Kier molecular flexibility index (Phi) is 10.1. The van der Waals surface area contributed by atoms with E-state index in [4.69, 9.17) is 9.47 Å². The van der Waals surface area contributed by atoms with Gasteiger partial charge in [-0.2, -0.15) is 0 Å². The van der Waals surface area contributed by atoms with Gasteiger partial charge in [0.05, 0.1) is 20.8 Å². The molecule has 6 nitrogen and oxygen atoms in total. The zero-order valence-electron chi connectivity index (χ0n) is 17.4. The highest BCUT2D eigenvalue weighted by Crippen LogP contribution is 2.27. The molecule has 2 aromatic carbocycles. The van der Waals surface area contributed by atoms with Gasteiger partial charge in [-0.3, -0.25) is 9.20 Å². The number of aliphatic imine (C=N–C) groups is 1. The first-order valence-corrected chi connectivity index (χ1v) is 11.3. The second-order valence-corrected chi connectivity index (χ2v) is 7.98. The lowest BCUT2D eigenvalue weighted by Gasteiger charge is -2.12. The number of rotatable bonds is 11. The van der Waals surface area contributed by atoms with Crippen LogP contribution in [-0.2, 0) is 23.0 Å². The van der Waals surface area contributed by atoms with Crippen LogP contribution in [0.1, 0.15) is 18.1 Å². The largest absolute Gasteiger partial charge is 0.493 e. The van der Waals surface area contributed by atoms with Gasteiger partial charge in [0, 0.05) is 35.4 Å². The molecule has 0 saturated carbocycles. The summed E-state index contributed by atoms with van der Waals surface area (Å²) in [6, 6.07) is 15.8. The number of methoxy groups -OCH3 is 2. The summed E-state index contributed by atoms with van der Waals surface area (Å²) in [5.74, 6) is 3.31. The Morgan fingerprint density at radius 2 is 1.76 bits per heavy atom. The van der Waals surface area contributed by atoms with E-state index in [1.165, 1.54) is 0 Å². The van der Waals surface area contributed by atoms with Crippen LogP contribution in [0.3, 0.4) is 0 Å². The second-order valence-electron chi connectivity index (χ2n) is 6.40. The molecule has 0 aliphatic carbocycles. The van der Waals surface area contributed by atoms with Crippen LogP contribution in [0.4, 0.5) is 0 Å². The van der Waals surface area contributed by atoms with E-state index >= 15 is 0 Å². The predicted molar refractivity (Wildman–Crippen MR) is 120 cm³/mol. The van der Waals surface area contributed by atoms with Gasteiger partial charge >= 0.3 is 0 Å². The van der Waals surface area contributed by atoms with Gasteiger partial charge in [-0.15, -0.1) is 0 Å². The van der Waals surface area contributed by atoms with Gasteiger partial charge in [-0.25, -0.2) is 0 Å². The van der Waals surface area contributed by atoms with Crippen LogP contribution in [0.15, 0.2) is 53.5 Å². The minimum absolute atomic E-state index is 0.519. The lowest BCUT2D eigenvalue weighted by molar-refractivity contribution is 0.354. The summed E-state index contributed by atoms with van der Waals surface area (Å²) < 4.78 is 22.9. The standard InChI is InChI=1S/C22H31N3O3S/c1-4-23-22(25-14-15-29(26)17-19-8-6-5-7-9-19)24-13-12-18-10-11-20(27-2)21(16-18)28-3/h5-11,16H,4,12-15,17H2,1-3H3,(H2,23,24,25). The lowest BCUT2D eigenvalue weighted by atomic mass is 10.1. The lowest BCUT2D eigenvalue weighted by Crippen LogP contribution is -2.38. The molecule has 0 amide bonds. The Balaban J connectivity index is 1.80. The molecule has 1 unspecified atom stereocenters. The van der Waals surface area contributed by atoms with Crippen LogP contribution < -0.4 is 20.1 Å². The van der Waals surface area contributed by atoms with Crippen molar-refractivity contribution in [2.75, 3.05) is 39.6 Å². The highest BCUT2D eigenvalue weighted by molar-refractivity contribution is 7.84. The predicted octanol–water partition coefficient (Wildman–Crippen LogP) is 2.75. The highest BCUT2D eigenvalue weighted by Gasteiger charge is 2.05. The molecule has 158 valence electrons. The molecule has 0 aliphatic rings. The van der Waals surface area contributed by atoms with Crippen LogP contribution in [0.2, 0.25) is 0 Å². The minimum Gasteiger partial charge on any atom is -0.493 e. The van der Waals surface area contributed by atoms with E-state index in [9.17, 15) is 4.21 Å². The maximum absolute atomic E-state index is 12.2. The highest BCUT2D eigenvalue weighted by atomic mass is 32.2. The fraction of sp³-hybridized carbons (Fsp3) is 0.409. The summed E-state index contributed by atoms with van der Waals surface area (Å²) in [6.45, 7) is 4.05. The number of benzene rings is 2. The van der Waals surface area contributed by atoms with E-state index in [0.29, 0.717) is 18.1 Å². The van der Waals surface area contributed by atoms with Crippen molar-refractivity contribution in [3.8, 4) is 11.5 Å². The average molecular weight is 418 g/mol. The van der Waals surface area contributed by atoms with E-state index in [-0.39, 0.29) is 0 Å². The van der Waals surface area contributed by atoms with Crippen molar-refractivity contribution in [3.05, 3.63) is 59.7 Å². The van der Waals surface area contributed by atoms with Crippen molar-refractivity contribution >= 4 is 16.8 Å². The molecule has 0 spiro atoms. The van der Waals surface area contributed by atoms with Gasteiger partial charge in [-0.05, 0) is 36.6 Å². The first-order valence-electron chi connectivity index (χ1n) is 9.78. The monoisotopic (exact) mass is 417 g/mol. The Labute approximate surface area is 176 Å². The second kappa shape index (κ2) is 12.8. The zero-order chi connectivity index (χ0) is 20.9. The van der Waals surface area contributed by atoms with E-state index in [2.05, 4.69) is 15.6 Å². The summed E-state index contributed by atoms with van der Waals surface area (Å²) in [5.41, 5.74) is 2.24. The average Bonchev–Trinajstić information content (AvgIpc) is 2.74. The fourth-order valence-corrected chi connectivity index (χ4v) is 3.80. The first-order chi connectivity index (χ1) is 14.2. The molecular formula is C22H31N3O3S. The van der Waals surface area contributed by atoms with Gasteiger partial charge in [-0.1, -0.05) is 36.4 Å². The van der Waals surface area contributed by atoms with Crippen molar-refractivity contribution in [3.63, 3.8) is 0 Å². The molecule has 1 atom stereocenters. The third-order valence-electron chi connectivity index (χ3n) is 4.26. The summed E-state index contributed by atoms with van der Waals surface area (Å²) in [7, 11) is 2.34. The molecule has 0 heterocycles. The number of ether oxygens (including phenoxy) is 2. The van der Waals surface area contributed by atoms with Crippen LogP contribution >= 0.6 is 0 Å². The van der Waals surface area contributed by atoms with Crippen LogP contribution in [0.25, 0.3) is 0 Å². The van der Waals surface area contributed by atoms with Gasteiger partial charge in [0.25, 0.3) is 0 Å². The minimum atomic E-state index is -0.922. The van der Waals surface area contributed by atoms with Gasteiger partial charge in [0.15, 0.2) is 17.5 Å². The van der Waals surface area contributed by atoms with Crippen LogP contribution in [-0.4, -0.2) is 49.8 Å². The molecule has 0 bridgehead atoms. The van der Waals surface area contributed by atoms with Crippen molar-refractivity contribution < 1.29 is 13.7 Å². The van der Waals surface area contributed by atoms with E-state index in [1.807, 2.05) is 55.5 Å².